The van der Waals surface area contributed by atoms with Crippen molar-refractivity contribution in [2.75, 3.05) is 11.9 Å². The molecule has 8 heteroatoms. The summed E-state index contributed by atoms with van der Waals surface area (Å²) >= 11 is 4.75. The van der Waals surface area contributed by atoms with Crippen LogP contribution in [0.5, 0.6) is 5.75 Å². The number of hydrogen-bond donors (Lipinski definition) is 3. The lowest BCUT2D eigenvalue weighted by Gasteiger charge is -2.08. The Kier molecular flexibility index (Phi) is 5.18. The van der Waals surface area contributed by atoms with Crippen molar-refractivity contribution >= 4 is 44.7 Å². The number of amidine groups is 1. The van der Waals surface area contributed by atoms with E-state index < -0.39 is 0 Å². The second-order valence-corrected chi connectivity index (χ2v) is 6.29. The van der Waals surface area contributed by atoms with Gasteiger partial charge in [-0.05, 0) is 34.1 Å². The Morgan fingerprint density at radius 1 is 1.48 bits per heavy atom. The number of carbonyl (C=O) groups excluding carboxylic acids is 1. The Balaban J connectivity index is 2.02. The van der Waals surface area contributed by atoms with E-state index in [1.807, 2.05) is 0 Å². The third kappa shape index (κ3) is 4.47. The molecule has 0 saturated heterocycles. The van der Waals surface area contributed by atoms with Crippen molar-refractivity contribution in [3.05, 3.63) is 45.1 Å². The SMILES string of the molecule is N/C(COc1cccc(NC(=O)c2csc(Br)c2)c1)=N/O. The van der Waals surface area contributed by atoms with Gasteiger partial charge >= 0.3 is 0 Å². The summed E-state index contributed by atoms with van der Waals surface area (Å²) in [6.45, 7) is -0.0363. The molecule has 1 aromatic heterocycles. The number of nitrogens with two attached hydrogens (primary N) is 1. The predicted octanol–water partition coefficient (Wildman–Crippen LogP) is 2.89. The maximum absolute atomic E-state index is 12.0. The minimum Gasteiger partial charge on any atom is -0.485 e. The number of benzene rings is 1. The van der Waals surface area contributed by atoms with Crippen LogP contribution in [-0.4, -0.2) is 23.6 Å². The van der Waals surface area contributed by atoms with Crippen molar-refractivity contribution < 1.29 is 14.7 Å². The third-order valence-corrected chi connectivity index (χ3v) is 3.94. The lowest BCUT2D eigenvalue weighted by molar-refractivity contribution is 0.102. The summed E-state index contributed by atoms with van der Waals surface area (Å²) in [5, 5.41) is 15.8. The van der Waals surface area contributed by atoms with Gasteiger partial charge in [-0.15, -0.1) is 11.3 Å². The Morgan fingerprint density at radius 3 is 2.95 bits per heavy atom. The van der Waals surface area contributed by atoms with Crippen molar-refractivity contribution in [1.82, 2.24) is 0 Å². The van der Waals surface area contributed by atoms with Gasteiger partial charge in [-0.3, -0.25) is 4.79 Å². The fourth-order valence-corrected chi connectivity index (χ4v) is 2.62. The molecule has 0 saturated carbocycles. The number of ether oxygens (including phenoxy) is 1. The van der Waals surface area contributed by atoms with Gasteiger partial charge in [-0.25, -0.2) is 0 Å². The fourth-order valence-electron chi connectivity index (χ4n) is 1.48. The van der Waals surface area contributed by atoms with Crippen molar-refractivity contribution in [2.24, 2.45) is 10.9 Å². The first-order valence-electron chi connectivity index (χ1n) is 5.83. The molecule has 110 valence electrons. The van der Waals surface area contributed by atoms with Gasteiger partial charge in [0.15, 0.2) is 5.84 Å². The number of anilines is 1. The largest absolute Gasteiger partial charge is 0.485 e. The summed E-state index contributed by atoms with van der Waals surface area (Å²) in [5.74, 6) is 0.268. The maximum atomic E-state index is 12.0. The number of thiophene rings is 1. The van der Waals surface area contributed by atoms with E-state index >= 15 is 0 Å². The molecule has 21 heavy (non-hydrogen) atoms. The van der Waals surface area contributed by atoms with Gasteiger partial charge in [0.25, 0.3) is 5.91 Å². The molecule has 0 aliphatic carbocycles. The third-order valence-electron chi connectivity index (χ3n) is 2.44. The molecule has 2 rings (SSSR count). The molecule has 0 spiro atoms. The Hall–Kier alpha value is -2.06. The number of oxime groups is 1. The molecule has 6 nitrogen and oxygen atoms in total. The topological polar surface area (TPSA) is 96.9 Å². The monoisotopic (exact) mass is 369 g/mol. The maximum Gasteiger partial charge on any atom is 0.256 e. The van der Waals surface area contributed by atoms with E-state index in [1.54, 1.807) is 35.7 Å². The molecule has 4 N–H and O–H groups in total. The van der Waals surface area contributed by atoms with Crippen LogP contribution in [0.3, 0.4) is 0 Å². The first-order chi connectivity index (χ1) is 10.1. The summed E-state index contributed by atoms with van der Waals surface area (Å²) in [6, 6.07) is 8.60. The van der Waals surface area contributed by atoms with Crippen LogP contribution in [0.25, 0.3) is 0 Å². The van der Waals surface area contributed by atoms with Crippen molar-refractivity contribution in [3.63, 3.8) is 0 Å². The highest BCUT2D eigenvalue weighted by molar-refractivity contribution is 9.11. The van der Waals surface area contributed by atoms with Gasteiger partial charge in [0.05, 0.1) is 9.35 Å². The van der Waals surface area contributed by atoms with Crippen LogP contribution in [0, 0.1) is 0 Å². The standard InChI is InChI=1S/C13H12BrN3O3S/c14-11-4-8(7-21-11)13(18)16-9-2-1-3-10(5-9)20-6-12(15)17-19/h1-5,7,19H,6H2,(H2,15,17)(H,16,18). The van der Waals surface area contributed by atoms with Gasteiger partial charge in [0.1, 0.15) is 12.4 Å². The van der Waals surface area contributed by atoms with Crippen molar-refractivity contribution in [3.8, 4) is 5.75 Å². The van der Waals surface area contributed by atoms with Gasteiger partial charge in [0, 0.05) is 17.1 Å². The van der Waals surface area contributed by atoms with E-state index in [-0.39, 0.29) is 18.3 Å². The van der Waals surface area contributed by atoms with Crippen LogP contribution in [0.15, 0.2) is 44.7 Å². The van der Waals surface area contributed by atoms with E-state index in [2.05, 4.69) is 26.4 Å². The highest BCUT2D eigenvalue weighted by atomic mass is 79.9. The second kappa shape index (κ2) is 7.09. The Morgan fingerprint density at radius 2 is 2.29 bits per heavy atom. The zero-order valence-electron chi connectivity index (χ0n) is 10.7. The molecule has 0 aliphatic rings. The fraction of sp³-hybridized carbons (Fsp3) is 0.0769. The average molecular weight is 370 g/mol. The van der Waals surface area contributed by atoms with E-state index in [0.717, 1.165) is 3.79 Å². The van der Waals surface area contributed by atoms with E-state index in [1.165, 1.54) is 11.3 Å². The molecule has 0 bridgehead atoms. The van der Waals surface area contributed by atoms with E-state index in [4.69, 9.17) is 15.7 Å². The van der Waals surface area contributed by atoms with Crippen LogP contribution in [0.2, 0.25) is 0 Å². The molecule has 0 aliphatic heterocycles. The first-order valence-corrected chi connectivity index (χ1v) is 7.50. The van der Waals surface area contributed by atoms with E-state index in [9.17, 15) is 4.79 Å². The average Bonchev–Trinajstić information content (AvgIpc) is 2.92. The molecular weight excluding hydrogens is 358 g/mol. The zero-order chi connectivity index (χ0) is 15.2. The molecule has 0 radical (unpaired) electrons. The predicted molar refractivity (Wildman–Crippen MR) is 85.3 cm³/mol. The highest BCUT2D eigenvalue weighted by Crippen LogP contribution is 2.22. The molecule has 0 fully saturated rings. The van der Waals surface area contributed by atoms with Crippen molar-refractivity contribution in [1.29, 1.82) is 0 Å². The summed E-state index contributed by atoms with van der Waals surface area (Å²) < 4.78 is 6.21. The molecule has 1 heterocycles. The van der Waals surface area contributed by atoms with Gasteiger partial charge in [0.2, 0.25) is 0 Å². The molecule has 1 aromatic carbocycles. The second-order valence-electron chi connectivity index (χ2n) is 4.00. The Bertz CT molecular complexity index is 672. The smallest absolute Gasteiger partial charge is 0.256 e. The molecule has 2 aromatic rings. The molecular formula is C13H12BrN3O3S. The molecule has 1 amide bonds. The Labute approximate surface area is 133 Å². The minimum atomic E-state index is -0.203. The van der Waals surface area contributed by atoms with Crippen LogP contribution in [0.1, 0.15) is 10.4 Å². The lowest BCUT2D eigenvalue weighted by atomic mass is 10.2. The summed E-state index contributed by atoms with van der Waals surface area (Å²) in [5.41, 5.74) is 6.50. The van der Waals surface area contributed by atoms with Crippen molar-refractivity contribution in [2.45, 2.75) is 0 Å². The van der Waals surface area contributed by atoms with E-state index in [0.29, 0.717) is 17.0 Å². The normalized spacial score (nSPS) is 11.2. The summed E-state index contributed by atoms with van der Waals surface area (Å²) in [4.78, 5) is 12.0. The van der Waals surface area contributed by atoms with Crippen LogP contribution in [0.4, 0.5) is 5.69 Å². The lowest BCUT2D eigenvalue weighted by Crippen LogP contribution is -2.20. The first kappa shape index (κ1) is 15.3. The summed E-state index contributed by atoms with van der Waals surface area (Å²) in [7, 11) is 0. The molecule has 0 unspecified atom stereocenters. The number of carbonyl (C=O) groups is 1. The van der Waals surface area contributed by atoms with Gasteiger partial charge in [-0.1, -0.05) is 11.2 Å². The summed E-state index contributed by atoms with van der Waals surface area (Å²) in [6.07, 6.45) is 0. The van der Waals surface area contributed by atoms with Crippen LogP contribution < -0.4 is 15.8 Å². The van der Waals surface area contributed by atoms with Gasteiger partial charge < -0.3 is 21.0 Å². The number of hydrogen-bond acceptors (Lipinski definition) is 5. The van der Waals surface area contributed by atoms with Gasteiger partial charge in [-0.2, -0.15) is 0 Å². The molecule has 0 atom stereocenters. The minimum absolute atomic E-state index is 0.0347. The van der Waals surface area contributed by atoms with Crippen LogP contribution >= 0.6 is 27.3 Å². The highest BCUT2D eigenvalue weighted by Gasteiger charge is 2.08. The quantitative estimate of drug-likeness (QED) is 0.326. The number of amides is 1. The number of nitrogens with zero attached hydrogens (tertiary/aromatic N) is 1. The zero-order valence-corrected chi connectivity index (χ0v) is 13.1. The number of nitrogens with one attached hydrogen (secondary N) is 1. The van der Waals surface area contributed by atoms with Crippen LogP contribution in [-0.2, 0) is 0 Å². The number of halogens is 1. The number of rotatable bonds is 5.